The van der Waals surface area contributed by atoms with Gasteiger partial charge in [-0.3, -0.25) is 10.2 Å². The lowest BCUT2D eigenvalue weighted by Gasteiger charge is -2.38. The van der Waals surface area contributed by atoms with Crippen LogP contribution >= 0.6 is 0 Å². The maximum Gasteiger partial charge on any atom is 0.293 e. The molecule has 2 rings (SSSR count). The lowest BCUT2D eigenvalue weighted by molar-refractivity contribution is 0.349. The van der Waals surface area contributed by atoms with Gasteiger partial charge < -0.3 is 15.2 Å². The van der Waals surface area contributed by atoms with E-state index in [1.54, 1.807) is 17.0 Å². The van der Waals surface area contributed by atoms with Crippen molar-refractivity contribution in [2.24, 2.45) is 11.1 Å². The average Bonchev–Trinajstić information content (AvgIpc) is 2.40. The maximum atomic E-state index is 12.4. The van der Waals surface area contributed by atoms with Crippen LogP contribution in [0, 0.1) is 10.8 Å². The Morgan fingerprint density at radius 3 is 2.55 bits per heavy atom. The molecule has 1 fully saturated rings. The largest absolute Gasteiger partial charge is 0.387 e. The predicted octanol–water partition coefficient (Wildman–Crippen LogP) is 1.37. The minimum atomic E-state index is -0.248. The van der Waals surface area contributed by atoms with E-state index < -0.39 is 0 Å². The Morgan fingerprint density at radius 1 is 1.45 bits per heavy atom. The van der Waals surface area contributed by atoms with E-state index in [9.17, 15) is 4.79 Å². The fraction of sp³-hybridized carbons (Fsp3) is 0.643. The summed E-state index contributed by atoms with van der Waals surface area (Å²) in [5.74, 6) is 0.740. The zero-order chi connectivity index (χ0) is 14.9. The number of nitrogens with zero attached hydrogens (tertiary/aromatic N) is 3. The highest BCUT2D eigenvalue weighted by atomic mass is 16.1. The fourth-order valence-electron chi connectivity index (χ4n) is 2.52. The monoisotopic (exact) mass is 277 g/mol. The molecule has 1 aromatic heterocycles. The van der Waals surface area contributed by atoms with E-state index in [0.717, 1.165) is 12.8 Å². The van der Waals surface area contributed by atoms with E-state index in [4.69, 9.17) is 11.1 Å². The summed E-state index contributed by atoms with van der Waals surface area (Å²) in [6.07, 6.45) is 4.95. The molecule has 2 heterocycles. The molecule has 6 heteroatoms. The van der Waals surface area contributed by atoms with Crippen molar-refractivity contribution in [3.05, 3.63) is 22.7 Å². The average molecular weight is 277 g/mol. The third-order valence-electron chi connectivity index (χ3n) is 4.22. The van der Waals surface area contributed by atoms with Gasteiger partial charge in [0.05, 0.1) is 5.84 Å². The molecule has 0 unspecified atom stereocenters. The highest BCUT2D eigenvalue weighted by Gasteiger charge is 2.34. The molecule has 6 nitrogen and oxygen atoms in total. The molecule has 0 saturated carbocycles. The van der Waals surface area contributed by atoms with E-state index in [2.05, 4.69) is 4.98 Å². The maximum absolute atomic E-state index is 12.4. The van der Waals surface area contributed by atoms with Crippen LogP contribution in [-0.4, -0.2) is 28.5 Å². The Bertz CT molecular complexity index is 555. The topological polar surface area (TPSA) is 88.0 Å². The van der Waals surface area contributed by atoms with E-state index in [1.807, 2.05) is 25.7 Å². The zero-order valence-electron chi connectivity index (χ0n) is 12.4. The van der Waals surface area contributed by atoms with E-state index >= 15 is 0 Å². The molecule has 1 aliphatic rings. The summed E-state index contributed by atoms with van der Waals surface area (Å²) in [6, 6.07) is 0.122. The van der Waals surface area contributed by atoms with Gasteiger partial charge in [-0.2, -0.15) is 0 Å². The van der Waals surface area contributed by atoms with Crippen molar-refractivity contribution in [2.75, 3.05) is 18.0 Å². The molecule has 1 aromatic rings. The van der Waals surface area contributed by atoms with Crippen LogP contribution in [0.3, 0.4) is 0 Å². The number of aromatic nitrogens is 2. The fourth-order valence-corrected chi connectivity index (χ4v) is 2.52. The highest BCUT2D eigenvalue weighted by Crippen LogP contribution is 2.31. The third kappa shape index (κ3) is 2.55. The minimum absolute atomic E-state index is 0.0473. The summed E-state index contributed by atoms with van der Waals surface area (Å²) in [4.78, 5) is 18.6. The standard InChI is InChI=1S/C14H23N5O/c1-10(2)19-9-6-17-11(12(19)20)18-7-4-14(3,5-8-18)13(15)16/h6,9-10H,4-5,7-8H2,1-3H3,(H3,15,16). The molecule has 3 N–H and O–H groups in total. The van der Waals surface area contributed by atoms with Crippen molar-refractivity contribution in [3.63, 3.8) is 0 Å². The van der Waals surface area contributed by atoms with Gasteiger partial charge in [0, 0.05) is 36.9 Å². The van der Waals surface area contributed by atoms with Gasteiger partial charge >= 0.3 is 0 Å². The summed E-state index contributed by atoms with van der Waals surface area (Å²) in [5.41, 5.74) is 5.37. The summed E-state index contributed by atoms with van der Waals surface area (Å²) >= 11 is 0. The lowest BCUT2D eigenvalue weighted by atomic mass is 9.79. The van der Waals surface area contributed by atoms with Crippen LogP contribution in [0.1, 0.15) is 39.7 Å². The lowest BCUT2D eigenvalue weighted by Crippen LogP contribution is -2.47. The third-order valence-corrected chi connectivity index (χ3v) is 4.22. The van der Waals surface area contributed by atoms with Crippen molar-refractivity contribution in [1.29, 1.82) is 5.41 Å². The normalized spacial score (nSPS) is 18.3. The van der Waals surface area contributed by atoms with Gasteiger partial charge in [-0.1, -0.05) is 6.92 Å². The zero-order valence-corrected chi connectivity index (χ0v) is 12.4. The first-order valence-corrected chi connectivity index (χ1v) is 7.02. The van der Waals surface area contributed by atoms with Crippen LogP contribution in [-0.2, 0) is 0 Å². The SMILES string of the molecule is CC(C)n1ccnc(N2CCC(C)(C(=N)N)CC2)c1=O. The molecular weight excluding hydrogens is 254 g/mol. The molecule has 0 bridgehead atoms. The number of hydrogen-bond donors (Lipinski definition) is 2. The molecule has 1 saturated heterocycles. The first-order valence-electron chi connectivity index (χ1n) is 7.02. The van der Waals surface area contributed by atoms with E-state index in [1.165, 1.54) is 0 Å². The van der Waals surface area contributed by atoms with Crippen molar-refractivity contribution in [3.8, 4) is 0 Å². The van der Waals surface area contributed by atoms with Gasteiger partial charge in [0.1, 0.15) is 0 Å². The van der Waals surface area contributed by atoms with Crippen LogP contribution < -0.4 is 16.2 Å². The first-order chi connectivity index (χ1) is 9.35. The highest BCUT2D eigenvalue weighted by molar-refractivity contribution is 5.83. The molecule has 0 aromatic carbocycles. The Balaban J connectivity index is 2.22. The van der Waals surface area contributed by atoms with Gasteiger partial charge in [0.25, 0.3) is 5.56 Å². The second-order valence-corrected chi connectivity index (χ2v) is 6.02. The summed E-state index contributed by atoms with van der Waals surface area (Å²) in [7, 11) is 0. The number of nitrogens with two attached hydrogens (primary N) is 1. The number of anilines is 1. The van der Waals surface area contributed by atoms with Gasteiger partial charge in [-0.25, -0.2) is 4.98 Å². The number of piperidine rings is 1. The molecule has 1 aliphatic heterocycles. The van der Waals surface area contributed by atoms with Gasteiger partial charge in [-0.15, -0.1) is 0 Å². The van der Waals surface area contributed by atoms with Crippen LogP contribution in [0.15, 0.2) is 17.2 Å². The Morgan fingerprint density at radius 2 is 2.05 bits per heavy atom. The Hall–Kier alpha value is -1.85. The van der Waals surface area contributed by atoms with Crippen LogP contribution in [0.25, 0.3) is 0 Å². The second-order valence-electron chi connectivity index (χ2n) is 6.02. The van der Waals surface area contributed by atoms with Gasteiger partial charge in [0.15, 0.2) is 5.82 Å². The van der Waals surface area contributed by atoms with Crippen LogP contribution in [0.4, 0.5) is 5.82 Å². The van der Waals surface area contributed by atoms with Crippen LogP contribution in [0.5, 0.6) is 0 Å². The minimum Gasteiger partial charge on any atom is -0.387 e. The summed E-state index contributed by atoms with van der Waals surface area (Å²) < 4.78 is 1.70. The van der Waals surface area contributed by atoms with Gasteiger partial charge in [0.2, 0.25) is 0 Å². The quantitative estimate of drug-likeness (QED) is 0.645. The molecule has 0 radical (unpaired) electrons. The number of rotatable bonds is 3. The smallest absolute Gasteiger partial charge is 0.293 e. The number of hydrogen-bond acceptors (Lipinski definition) is 4. The van der Waals surface area contributed by atoms with Crippen molar-refractivity contribution < 1.29 is 0 Å². The summed E-state index contributed by atoms with van der Waals surface area (Å²) in [6.45, 7) is 7.39. The molecule has 0 aliphatic carbocycles. The summed E-state index contributed by atoms with van der Waals surface area (Å²) in [5, 5.41) is 7.67. The molecular formula is C14H23N5O. The molecule has 110 valence electrons. The molecule has 0 amide bonds. The molecule has 20 heavy (non-hydrogen) atoms. The van der Waals surface area contributed by atoms with E-state index in [-0.39, 0.29) is 22.9 Å². The van der Waals surface area contributed by atoms with Gasteiger partial charge in [-0.05, 0) is 26.7 Å². The van der Waals surface area contributed by atoms with Crippen molar-refractivity contribution in [2.45, 2.75) is 39.7 Å². The second kappa shape index (κ2) is 5.26. The van der Waals surface area contributed by atoms with Crippen LogP contribution in [0.2, 0.25) is 0 Å². The predicted molar refractivity (Wildman–Crippen MR) is 80.4 cm³/mol. The molecule has 0 spiro atoms. The van der Waals surface area contributed by atoms with Crippen molar-refractivity contribution >= 4 is 11.7 Å². The van der Waals surface area contributed by atoms with Crippen molar-refractivity contribution in [1.82, 2.24) is 9.55 Å². The molecule has 0 atom stereocenters. The number of amidine groups is 1. The van der Waals surface area contributed by atoms with E-state index in [0.29, 0.717) is 18.9 Å². The first kappa shape index (κ1) is 14.6. The Labute approximate surface area is 119 Å². The Kier molecular flexibility index (Phi) is 3.83. The number of nitrogens with one attached hydrogen (secondary N) is 1.